The molecule has 0 fully saturated rings. The molecule has 1 unspecified atom stereocenters. The molecule has 2 heterocycles. The number of methoxy groups -OCH3 is 1. The number of nitro groups is 1. The van der Waals surface area contributed by atoms with E-state index in [9.17, 15) is 10.1 Å². The Labute approximate surface area is 173 Å². The quantitative estimate of drug-likeness (QED) is 0.396. The van der Waals surface area contributed by atoms with Crippen molar-refractivity contribution in [2.24, 2.45) is 0 Å². The lowest BCUT2D eigenvalue weighted by atomic mass is 10.00. The maximum absolute atomic E-state index is 11.3. The molecule has 29 heavy (non-hydrogen) atoms. The lowest BCUT2D eigenvalue weighted by molar-refractivity contribution is -0.384. The van der Waals surface area contributed by atoms with Crippen LogP contribution in [0.3, 0.4) is 0 Å². The van der Waals surface area contributed by atoms with Gasteiger partial charge in [0.25, 0.3) is 5.69 Å². The largest absolute Gasteiger partial charge is 0.495 e. The predicted molar refractivity (Wildman–Crippen MR) is 115 cm³/mol. The molecule has 0 amide bonds. The normalized spacial score (nSPS) is 15.5. The summed E-state index contributed by atoms with van der Waals surface area (Å²) in [6, 6.07) is 18.1. The minimum atomic E-state index is -0.374. The number of para-hydroxylation sites is 2. The molecular formula is C21H20N4O3S. The highest BCUT2D eigenvalue weighted by atomic mass is 32.1. The van der Waals surface area contributed by atoms with E-state index in [-0.39, 0.29) is 16.7 Å². The molecule has 8 heteroatoms. The average molecular weight is 408 g/mol. The van der Waals surface area contributed by atoms with E-state index in [1.54, 1.807) is 19.2 Å². The molecule has 7 nitrogen and oxygen atoms in total. The van der Waals surface area contributed by atoms with Gasteiger partial charge in [-0.3, -0.25) is 10.1 Å². The van der Waals surface area contributed by atoms with E-state index >= 15 is 0 Å². The first kappa shape index (κ1) is 18.9. The number of ether oxygens (including phenoxy) is 1. The van der Waals surface area contributed by atoms with Gasteiger partial charge in [-0.2, -0.15) is 0 Å². The molecule has 0 spiro atoms. The number of hydrogen-bond donors (Lipinski definition) is 1. The van der Waals surface area contributed by atoms with Crippen molar-refractivity contribution in [3.05, 3.63) is 88.2 Å². The highest BCUT2D eigenvalue weighted by Crippen LogP contribution is 2.35. The molecule has 1 aliphatic heterocycles. The number of aromatic nitrogens is 1. The average Bonchev–Trinajstić information content (AvgIpc) is 3.22. The minimum absolute atomic E-state index is 0.0646. The third-order valence-corrected chi connectivity index (χ3v) is 5.38. The van der Waals surface area contributed by atoms with Crippen LogP contribution in [0.2, 0.25) is 0 Å². The molecule has 3 aromatic rings. The first-order valence-corrected chi connectivity index (χ1v) is 9.59. The van der Waals surface area contributed by atoms with Crippen LogP contribution in [-0.2, 0) is 6.54 Å². The summed E-state index contributed by atoms with van der Waals surface area (Å²) in [7, 11) is 1.61. The van der Waals surface area contributed by atoms with Crippen LogP contribution >= 0.6 is 12.2 Å². The van der Waals surface area contributed by atoms with Gasteiger partial charge in [0.1, 0.15) is 5.75 Å². The summed E-state index contributed by atoms with van der Waals surface area (Å²) in [5.74, 6) is 0.696. The van der Waals surface area contributed by atoms with Gasteiger partial charge in [-0.15, -0.1) is 0 Å². The molecule has 0 radical (unpaired) electrons. The van der Waals surface area contributed by atoms with E-state index < -0.39 is 0 Å². The second kappa shape index (κ2) is 7.92. The third kappa shape index (κ3) is 3.66. The molecule has 0 bridgehead atoms. The number of fused-ring (bicyclic) bond motifs is 1. The van der Waals surface area contributed by atoms with Crippen LogP contribution in [0.1, 0.15) is 17.3 Å². The number of hydrogen-bond acceptors (Lipinski definition) is 4. The summed E-state index contributed by atoms with van der Waals surface area (Å²) in [5.41, 5.74) is 2.71. The second-order valence-corrected chi connectivity index (χ2v) is 7.09. The lowest BCUT2D eigenvalue weighted by Crippen LogP contribution is -2.44. The fraction of sp³-hybridized carbons (Fsp3) is 0.190. The van der Waals surface area contributed by atoms with Crippen LogP contribution in [0.4, 0.5) is 11.4 Å². The molecular weight excluding hydrogens is 388 g/mol. The van der Waals surface area contributed by atoms with Crippen LogP contribution < -0.4 is 10.1 Å². The van der Waals surface area contributed by atoms with Gasteiger partial charge in [0.15, 0.2) is 5.11 Å². The van der Waals surface area contributed by atoms with Crippen molar-refractivity contribution in [2.75, 3.05) is 19.0 Å². The smallest absolute Gasteiger partial charge is 0.269 e. The standard InChI is InChI=1S/C21H20N4O3S/c1-28-19-10-3-2-8-17(19)22-21(29)24-13-12-23-11-5-9-18(23)20(24)15-6-4-7-16(14-15)25(26)27/h2-11,14,20H,12-13H2,1H3,(H,22,29). The fourth-order valence-corrected chi connectivity index (χ4v) is 4.00. The van der Waals surface area contributed by atoms with E-state index in [0.29, 0.717) is 17.4 Å². The SMILES string of the molecule is COc1ccccc1NC(=S)N1CCn2cccc2C1c1cccc([N+](=O)[O-])c1. The Morgan fingerprint density at radius 2 is 2.00 bits per heavy atom. The van der Waals surface area contributed by atoms with Crippen molar-refractivity contribution in [1.29, 1.82) is 0 Å². The summed E-state index contributed by atoms with van der Waals surface area (Å²) in [4.78, 5) is 13.0. The molecule has 0 aliphatic carbocycles. The maximum atomic E-state index is 11.3. The van der Waals surface area contributed by atoms with Crippen molar-refractivity contribution >= 4 is 28.7 Å². The molecule has 1 aromatic heterocycles. The Kier molecular flexibility index (Phi) is 5.18. The lowest BCUT2D eigenvalue weighted by Gasteiger charge is -2.39. The van der Waals surface area contributed by atoms with Crippen LogP contribution in [0.25, 0.3) is 0 Å². The number of benzene rings is 2. The molecule has 148 valence electrons. The summed E-state index contributed by atoms with van der Waals surface area (Å²) < 4.78 is 7.57. The summed E-state index contributed by atoms with van der Waals surface area (Å²) >= 11 is 5.74. The molecule has 0 saturated carbocycles. The third-order valence-electron chi connectivity index (χ3n) is 5.04. The van der Waals surface area contributed by atoms with Gasteiger partial charge in [0.2, 0.25) is 0 Å². The van der Waals surface area contributed by atoms with Gasteiger partial charge in [-0.1, -0.05) is 24.3 Å². The van der Waals surface area contributed by atoms with Crippen molar-refractivity contribution in [1.82, 2.24) is 9.47 Å². The Bertz CT molecular complexity index is 1070. The Balaban J connectivity index is 1.71. The zero-order valence-corrected chi connectivity index (χ0v) is 16.6. The molecule has 4 rings (SSSR count). The fourth-order valence-electron chi connectivity index (χ4n) is 3.70. The van der Waals surface area contributed by atoms with Gasteiger partial charge < -0.3 is 19.5 Å². The van der Waals surface area contributed by atoms with Crippen LogP contribution in [-0.4, -0.2) is 33.2 Å². The van der Waals surface area contributed by atoms with Gasteiger partial charge >= 0.3 is 0 Å². The minimum Gasteiger partial charge on any atom is -0.495 e. The number of nitro benzene ring substituents is 1. The number of nitrogens with one attached hydrogen (secondary N) is 1. The zero-order chi connectivity index (χ0) is 20.4. The molecule has 2 aromatic carbocycles. The first-order valence-electron chi connectivity index (χ1n) is 9.18. The van der Waals surface area contributed by atoms with Crippen molar-refractivity contribution in [3.8, 4) is 5.75 Å². The van der Waals surface area contributed by atoms with Crippen molar-refractivity contribution < 1.29 is 9.66 Å². The second-order valence-electron chi connectivity index (χ2n) is 6.70. The first-order chi connectivity index (χ1) is 14.1. The van der Waals surface area contributed by atoms with Gasteiger partial charge in [-0.25, -0.2) is 0 Å². The van der Waals surface area contributed by atoms with Crippen molar-refractivity contribution in [3.63, 3.8) is 0 Å². The molecule has 0 saturated heterocycles. The van der Waals surface area contributed by atoms with Gasteiger partial charge in [0.05, 0.1) is 23.8 Å². The number of thiocarbonyl (C=S) groups is 1. The van der Waals surface area contributed by atoms with Crippen LogP contribution in [0.5, 0.6) is 5.75 Å². The number of anilines is 1. The molecule has 1 atom stereocenters. The summed E-state index contributed by atoms with van der Waals surface area (Å²) in [5, 5.41) is 15.1. The Morgan fingerprint density at radius 1 is 1.17 bits per heavy atom. The van der Waals surface area contributed by atoms with E-state index in [2.05, 4.69) is 14.8 Å². The molecule has 1 aliphatic rings. The van der Waals surface area contributed by atoms with Crippen molar-refractivity contribution in [2.45, 2.75) is 12.6 Å². The van der Waals surface area contributed by atoms with Gasteiger partial charge in [0, 0.05) is 37.1 Å². The number of nitrogens with zero attached hydrogens (tertiary/aromatic N) is 3. The van der Waals surface area contributed by atoms with Crippen LogP contribution in [0.15, 0.2) is 66.9 Å². The van der Waals surface area contributed by atoms with E-state index in [1.807, 2.05) is 48.7 Å². The zero-order valence-electron chi connectivity index (χ0n) is 15.8. The number of non-ortho nitro benzene ring substituents is 1. The maximum Gasteiger partial charge on any atom is 0.269 e. The highest BCUT2D eigenvalue weighted by molar-refractivity contribution is 7.80. The van der Waals surface area contributed by atoms with Gasteiger partial charge in [-0.05, 0) is 42.0 Å². The van der Waals surface area contributed by atoms with E-state index in [1.165, 1.54) is 6.07 Å². The topological polar surface area (TPSA) is 72.6 Å². The molecule has 1 N–H and O–H groups in total. The highest BCUT2D eigenvalue weighted by Gasteiger charge is 2.31. The summed E-state index contributed by atoms with van der Waals surface area (Å²) in [6.45, 7) is 1.46. The van der Waals surface area contributed by atoms with E-state index in [0.717, 1.165) is 23.5 Å². The van der Waals surface area contributed by atoms with Crippen LogP contribution in [0, 0.1) is 10.1 Å². The summed E-state index contributed by atoms with van der Waals surface area (Å²) in [6.07, 6.45) is 2.02. The number of rotatable bonds is 4. The predicted octanol–water partition coefficient (Wildman–Crippen LogP) is 4.21. The monoisotopic (exact) mass is 408 g/mol. The Hall–Kier alpha value is -3.39. The Morgan fingerprint density at radius 3 is 2.79 bits per heavy atom. The van der Waals surface area contributed by atoms with E-state index in [4.69, 9.17) is 17.0 Å².